The highest BCUT2D eigenvalue weighted by Gasteiger charge is 2.25. The van der Waals surface area contributed by atoms with Crippen LogP contribution < -0.4 is 5.32 Å². The second-order valence-corrected chi connectivity index (χ2v) is 5.93. The zero-order valence-electron chi connectivity index (χ0n) is 10.6. The lowest BCUT2D eigenvalue weighted by atomic mass is 10.2. The van der Waals surface area contributed by atoms with E-state index >= 15 is 0 Å². The molecular formula is C14H15FN2OS. The average molecular weight is 278 g/mol. The van der Waals surface area contributed by atoms with Gasteiger partial charge in [0.15, 0.2) is 0 Å². The topological polar surface area (TPSA) is 32.3 Å². The number of piperazine rings is 1. The number of rotatable bonds is 1. The average Bonchev–Trinajstić information content (AvgIpc) is 2.81. The Balaban J connectivity index is 1.92. The molecule has 1 fully saturated rings. The molecule has 1 aliphatic heterocycles. The number of thiophene rings is 1. The third kappa shape index (κ3) is 2.35. The van der Waals surface area contributed by atoms with Crippen LogP contribution in [-0.4, -0.2) is 36.5 Å². The van der Waals surface area contributed by atoms with Gasteiger partial charge in [-0.05, 0) is 36.6 Å². The van der Waals surface area contributed by atoms with Crippen molar-refractivity contribution in [3.05, 3.63) is 35.0 Å². The molecule has 2 heterocycles. The molecule has 0 spiro atoms. The number of benzene rings is 1. The molecule has 1 aromatic carbocycles. The van der Waals surface area contributed by atoms with Crippen molar-refractivity contribution in [2.45, 2.75) is 13.0 Å². The molecule has 1 aliphatic rings. The number of nitrogens with one attached hydrogen (secondary N) is 1. The summed E-state index contributed by atoms with van der Waals surface area (Å²) in [7, 11) is 0. The summed E-state index contributed by atoms with van der Waals surface area (Å²) >= 11 is 1.43. The van der Waals surface area contributed by atoms with Gasteiger partial charge in [0.05, 0.1) is 4.88 Å². The fraction of sp³-hybridized carbons (Fsp3) is 0.357. The van der Waals surface area contributed by atoms with Gasteiger partial charge in [-0.1, -0.05) is 0 Å². The molecule has 1 aromatic heterocycles. The van der Waals surface area contributed by atoms with E-state index in [0.717, 1.165) is 29.7 Å². The number of amides is 1. The van der Waals surface area contributed by atoms with Crippen LogP contribution in [-0.2, 0) is 0 Å². The summed E-state index contributed by atoms with van der Waals surface area (Å²) in [5.41, 5.74) is 0. The summed E-state index contributed by atoms with van der Waals surface area (Å²) in [6.45, 7) is 4.42. The fourth-order valence-electron chi connectivity index (χ4n) is 2.40. The van der Waals surface area contributed by atoms with Crippen LogP contribution in [0, 0.1) is 5.82 Å². The van der Waals surface area contributed by atoms with Crippen molar-refractivity contribution in [3.63, 3.8) is 0 Å². The Kier molecular flexibility index (Phi) is 3.24. The van der Waals surface area contributed by atoms with Gasteiger partial charge in [0, 0.05) is 30.4 Å². The highest BCUT2D eigenvalue weighted by Crippen LogP contribution is 2.27. The van der Waals surface area contributed by atoms with E-state index < -0.39 is 0 Å². The van der Waals surface area contributed by atoms with Gasteiger partial charge < -0.3 is 10.2 Å². The van der Waals surface area contributed by atoms with Gasteiger partial charge in [-0.15, -0.1) is 11.3 Å². The Hall–Kier alpha value is -1.46. The molecule has 5 heteroatoms. The van der Waals surface area contributed by atoms with Crippen LogP contribution in [0.3, 0.4) is 0 Å². The summed E-state index contributed by atoms with van der Waals surface area (Å²) in [5.74, 6) is -0.213. The van der Waals surface area contributed by atoms with Gasteiger partial charge in [-0.3, -0.25) is 4.79 Å². The second-order valence-electron chi connectivity index (χ2n) is 4.84. The van der Waals surface area contributed by atoms with Gasteiger partial charge in [0.1, 0.15) is 5.82 Å². The highest BCUT2D eigenvalue weighted by atomic mass is 32.1. The third-order valence-electron chi connectivity index (χ3n) is 3.45. The number of carbonyl (C=O) groups excluding carboxylic acids is 1. The summed E-state index contributed by atoms with van der Waals surface area (Å²) in [6.07, 6.45) is 0. The Morgan fingerprint density at radius 3 is 3.11 bits per heavy atom. The molecule has 1 saturated heterocycles. The van der Waals surface area contributed by atoms with E-state index in [1.807, 2.05) is 11.8 Å². The Morgan fingerprint density at radius 1 is 1.47 bits per heavy atom. The predicted molar refractivity (Wildman–Crippen MR) is 75.2 cm³/mol. The van der Waals surface area contributed by atoms with Crippen molar-refractivity contribution < 1.29 is 9.18 Å². The normalized spacial score (nSPS) is 19.9. The number of hydrogen-bond donors (Lipinski definition) is 1. The number of carbonyl (C=O) groups is 1. The van der Waals surface area contributed by atoms with E-state index in [-0.39, 0.29) is 17.8 Å². The first-order valence-electron chi connectivity index (χ1n) is 6.36. The molecule has 0 bridgehead atoms. The van der Waals surface area contributed by atoms with Gasteiger partial charge in [0.25, 0.3) is 5.91 Å². The van der Waals surface area contributed by atoms with Crippen LogP contribution in [0.5, 0.6) is 0 Å². The number of hydrogen-bond acceptors (Lipinski definition) is 3. The minimum absolute atomic E-state index is 0.0515. The highest BCUT2D eigenvalue weighted by molar-refractivity contribution is 7.20. The molecule has 19 heavy (non-hydrogen) atoms. The molecule has 1 N–H and O–H groups in total. The maximum absolute atomic E-state index is 13.2. The first-order valence-corrected chi connectivity index (χ1v) is 7.17. The molecule has 1 amide bonds. The smallest absolute Gasteiger partial charge is 0.264 e. The summed E-state index contributed by atoms with van der Waals surface area (Å²) in [6, 6.07) is 6.63. The Labute approximate surface area is 115 Å². The molecule has 1 unspecified atom stereocenters. The van der Waals surface area contributed by atoms with Crippen LogP contribution in [0.4, 0.5) is 4.39 Å². The molecule has 3 rings (SSSR count). The Bertz CT molecular complexity index is 625. The largest absolute Gasteiger partial charge is 0.333 e. The van der Waals surface area contributed by atoms with Gasteiger partial charge >= 0.3 is 0 Å². The van der Waals surface area contributed by atoms with Crippen LogP contribution in [0.25, 0.3) is 10.1 Å². The fourth-order valence-corrected chi connectivity index (χ4v) is 3.40. The van der Waals surface area contributed by atoms with E-state index in [2.05, 4.69) is 5.32 Å². The zero-order chi connectivity index (χ0) is 13.4. The SMILES string of the molecule is CC1CNCCN1C(=O)c1cc2cc(F)ccc2s1. The van der Waals surface area contributed by atoms with Crippen LogP contribution in [0.15, 0.2) is 24.3 Å². The van der Waals surface area contributed by atoms with Crippen LogP contribution in [0.1, 0.15) is 16.6 Å². The predicted octanol–water partition coefficient (Wildman–Crippen LogP) is 2.47. The minimum atomic E-state index is -0.264. The lowest BCUT2D eigenvalue weighted by molar-refractivity contribution is 0.0661. The molecule has 3 nitrogen and oxygen atoms in total. The molecule has 0 saturated carbocycles. The van der Waals surface area contributed by atoms with Crippen LogP contribution >= 0.6 is 11.3 Å². The summed E-state index contributed by atoms with van der Waals surface area (Å²) < 4.78 is 14.1. The van der Waals surface area contributed by atoms with E-state index in [1.165, 1.54) is 23.5 Å². The van der Waals surface area contributed by atoms with Crippen molar-refractivity contribution in [3.8, 4) is 0 Å². The quantitative estimate of drug-likeness (QED) is 0.869. The monoisotopic (exact) mass is 278 g/mol. The maximum atomic E-state index is 13.2. The first-order chi connectivity index (χ1) is 9.15. The van der Waals surface area contributed by atoms with E-state index in [0.29, 0.717) is 4.88 Å². The number of nitrogens with zero attached hydrogens (tertiary/aromatic N) is 1. The van der Waals surface area contributed by atoms with Gasteiger partial charge in [-0.25, -0.2) is 4.39 Å². The maximum Gasteiger partial charge on any atom is 0.264 e. The van der Waals surface area contributed by atoms with Crippen molar-refractivity contribution in [1.29, 1.82) is 0 Å². The molecular weight excluding hydrogens is 263 g/mol. The van der Waals surface area contributed by atoms with E-state index in [9.17, 15) is 9.18 Å². The van der Waals surface area contributed by atoms with Crippen molar-refractivity contribution in [1.82, 2.24) is 10.2 Å². The molecule has 0 aliphatic carbocycles. The van der Waals surface area contributed by atoms with Crippen molar-refractivity contribution in [2.24, 2.45) is 0 Å². The summed E-state index contributed by atoms with van der Waals surface area (Å²) in [5, 5.41) is 4.07. The second kappa shape index (κ2) is 4.90. The first kappa shape index (κ1) is 12.6. The lowest BCUT2D eigenvalue weighted by Gasteiger charge is -2.33. The number of fused-ring (bicyclic) bond motifs is 1. The van der Waals surface area contributed by atoms with Gasteiger partial charge in [0.2, 0.25) is 0 Å². The van der Waals surface area contributed by atoms with Crippen molar-refractivity contribution >= 4 is 27.3 Å². The molecule has 2 aromatic rings. The van der Waals surface area contributed by atoms with E-state index in [4.69, 9.17) is 0 Å². The standard InChI is InChI=1S/C14H15FN2OS/c1-9-8-16-4-5-17(9)14(18)13-7-10-6-11(15)2-3-12(10)19-13/h2-3,6-7,9,16H,4-5,8H2,1H3. The Morgan fingerprint density at radius 2 is 2.32 bits per heavy atom. The summed E-state index contributed by atoms with van der Waals surface area (Å²) in [4.78, 5) is 15.1. The third-order valence-corrected chi connectivity index (χ3v) is 4.56. The van der Waals surface area contributed by atoms with Crippen molar-refractivity contribution in [2.75, 3.05) is 19.6 Å². The molecule has 1 atom stereocenters. The number of halogens is 1. The zero-order valence-corrected chi connectivity index (χ0v) is 11.5. The van der Waals surface area contributed by atoms with Crippen LogP contribution in [0.2, 0.25) is 0 Å². The molecule has 100 valence electrons. The molecule has 0 radical (unpaired) electrons. The lowest BCUT2D eigenvalue weighted by Crippen LogP contribution is -2.52. The van der Waals surface area contributed by atoms with E-state index in [1.54, 1.807) is 12.1 Å². The minimum Gasteiger partial charge on any atom is -0.333 e. The van der Waals surface area contributed by atoms with Gasteiger partial charge in [-0.2, -0.15) is 0 Å².